The lowest BCUT2D eigenvalue weighted by Crippen LogP contribution is -2.24. The zero-order valence-corrected chi connectivity index (χ0v) is 15.8. The van der Waals surface area contributed by atoms with E-state index >= 15 is 0 Å². The Kier molecular flexibility index (Phi) is 5.26. The number of benzene rings is 2. The minimum atomic E-state index is -3.71. The molecule has 7 nitrogen and oxygen atoms in total. The lowest BCUT2D eigenvalue weighted by atomic mass is 10.2. The molecule has 0 saturated heterocycles. The second-order valence-corrected chi connectivity index (χ2v) is 7.69. The highest BCUT2D eigenvalue weighted by molar-refractivity contribution is 7.89. The summed E-state index contributed by atoms with van der Waals surface area (Å²) in [6.45, 7) is 1.67. The highest BCUT2D eigenvalue weighted by Gasteiger charge is 2.18. The molecule has 1 aromatic heterocycles. The summed E-state index contributed by atoms with van der Waals surface area (Å²) in [4.78, 5) is 0.144. The van der Waals surface area contributed by atoms with E-state index in [2.05, 4.69) is 15.0 Å². The number of nitrogens with zero attached hydrogens (tertiary/aromatic N) is 3. The summed E-state index contributed by atoms with van der Waals surface area (Å²) in [6, 6.07) is 12.1. The van der Waals surface area contributed by atoms with E-state index in [1.165, 1.54) is 6.07 Å². The summed E-state index contributed by atoms with van der Waals surface area (Å²) in [5, 5.41) is 8.43. The average molecular weight is 393 g/mol. The molecule has 1 heterocycles. The van der Waals surface area contributed by atoms with Gasteiger partial charge in [0.2, 0.25) is 10.0 Å². The Morgan fingerprint density at radius 2 is 2.00 bits per heavy atom. The maximum atomic E-state index is 12.5. The molecule has 0 amide bonds. The van der Waals surface area contributed by atoms with Gasteiger partial charge in [-0.25, -0.2) is 17.8 Å². The monoisotopic (exact) mass is 392 g/mol. The van der Waals surface area contributed by atoms with Crippen LogP contribution in [0.1, 0.15) is 11.3 Å². The lowest BCUT2D eigenvalue weighted by molar-refractivity contribution is 0.414. The Labute approximate surface area is 156 Å². The third-order valence-corrected chi connectivity index (χ3v) is 5.76. The maximum absolute atomic E-state index is 12.5. The Balaban J connectivity index is 1.76. The zero-order chi connectivity index (χ0) is 18.7. The van der Waals surface area contributed by atoms with Gasteiger partial charge in [0.15, 0.2) is 0 Å². The van der Waals surface area contributed by atoms with Crippen LogP contribution in [0.4, 0.5) is 0 Å². The van der Waals surface area contributed by atoms with Gasteiger partial charge in [-0.15, -0.1) is 5.10 Å². The van der Waals surface area contributed by atoms with Gasteiger partial charge < -0.3 is 4.74 Å². The molecule has 1 N–H and O–H groups in total. The second-order valence-electron chi connectivity index (χ2n) is 5.54. The molecule has 0 atom stereocenters. The molecule has 136 valence electrons. The number of hydrogen-bond donors (Lipinski definition) is 1. The normalized spacial score (nSPS) is 11.5. The number of nitrogens with one attached hydrogen (secondary N) is 1. The smallest absolute Gasteiger partial charge is 0.241 e. The van der Waals surface area contributed by atoms with Crippen molar-refractivity contribution in [2.75, 3.05) is 7.11 Å². The lowest BCUT2D eigenvalue weighted by Gasteiger charge is -2.09. The van der Waals surface area contributed by atoms with Crippen molar-refractivity contribution in [2.24, 2.45) is 0 Å². The van der Waals surface area contributed by atoms with Crippen LogP contribution >= 0.6 is 11.6 Å². The molecule has 0 bridgehead atoms. The maximum Gasteiger partial charge on any atom is 0.241 e. The minimum Gasteiger partial charge on any atom is -0.497 e. The van der Waals surface area contributed by atoms with E-state index in [-0.39, 0.29) is 11.4 Å². The van der Waals surface area contributed by atoms with Crippen molar-refractivity contribution in [3.05, 3.63) is 64.9 Å². The minimum absolute atomic E-state index is 0.0122. The fourth-order valence-electron chi connectivity index (χ4n) is 2.38. The number of sulfonamides is 1. The molecule has 0 fully saturated rings. The first-order valence-electron chi connectivity index (χ1n) is 7.71. The van der Waals surface area contributed by atoms with Crippen molar-refractivity contribution in [1.82, 2.24) is 19.7 Å². The summed E-state index contributed by atoms with van der Waals surface area (Å²) >= 11 is 6.00. The van der Waals surface area contributed by atoms with E-state index in [4.69, 9.17) is 16.3 Å². The van der Waals surface area contributed by atoms with E-state index < -0.39 is 10.0 Å². The molecule has 0 saturated carbocycles. The Morgan fingerprint density at radius 3 is 2.77 bits per heavy atom. The van der Waals surface area contributed by atoms with Crippen molar-refractivity contribution in [3.8, 4) is 11.4 Å². The summed E-state index contributed by atoms with van der Waals surface area (Å²) in [5.41, 5.74) is 1.74. The Bertz CT molecular complexity index is 1030. The number of aromatic nitrogens is 3. The summed E-state index contributed by atoms with van der Waals surface area (Å²) in [6.07, 6.45) is 1.65. The molecular weight excluding hydrogens is 376 g/mol. The van der Waals surface area contributed by atoms with Crippen LogP contribution in [0.25, 0.3) is 5.69 Å². The molecular formula is C17H17ClN4O3S. The van der Waals surface area contributed by atoms with Gasteiger partial charge >= 0.3 is 0 Å². The molecule has 26 heavy (non-hydrogen) atoms. The van der Waals surface area contributed by atoms with Gasteiger partial charge in [-0.2, -0.15) is 0 Å². The van der Waals surface area contributed by atoms with Crippen molar-refractivity contribution >= 4 is 21.6 Å². The first kappa shape index (κ1) is 18.4. The van der Waals surface area contributed by atoms with E-state index in [0.29, 0.717) is 22.0 Å². The van der Waals surface area contributed by atoms with Crippen LogP contribution in [-0.4, -0.2) is 30.5 Å². The van der Waals surface area contributed by atoms with Crippen molar-refractivity contribution in [2.45, 2.75) is 18.4 Å². The first-order chi connectivity index (χ1) is 12.4. The summed E-state index contributed by atoms with van der Waals surface area (Å²) in [5.74, 6) is 0.691. The third-order valence-electron chi connectivity index (χ3n) is 3.81. The zero-order valence-electron chi connectivity index (χ0n) is 14.2. The predicted molar refractivity (Wildman–Crippen MR) is 98.1 cm³/mol. The fraction of sp³-hybridized carbons (Fsp3) is 0.176. The van der Waals surface area contributed by atoms with Crippen LogP contribution in [0.5, 0.6) is 5.75 Å². The largest absolute Gasteiger partial charge is 0.497 e. The standard InChI is InChI=1S/C17H17ClN4O3S/c1-12-16(18)7-4-8-17(12)26(23,24)19-10-13-11-22(21-20-13)14-5-3-6-15(9-14)25-2/h3-9,11,19H,10H2,1-2H3. The molecule has 0 aliphatic heterocycles. The molecule has 0 unspecified atom stereocenters. The molecule has 2 aromatic carbocycles. The molecule has 0 aliphatic rings. The van der Waals surface area contributed by atoms with Gasteiger partial charge in [-0.3, -0.25) is 0 Å². The Morgan fingerprint density at radius 1 is 1.23 bits per heavy atom. The van der Waals surface area contributed by atoms with Crippen molar-refractivity contribution in [1.29, 1.82) is 0 Å². The van der Waals surface area contributed by atoms with E-state index in [1.807, 2.05) is 18.2 Å². The molecule has 3 aromatic rings. The van der Waals surface area contributed by atoms with Crippen LogP contribution in [0, 0.1) is 6.92 Å². The molecule has 0 radical (unpaired) electrons. The van der Waals surface area contributed by atoms with E-state index in [0.717, 1.165) is 5.69 Å². The van der Waals surface area contributed by atoms with Gasteiger partial charge in [0.05, 0.1) is 36.1 Å². The SMILES string of the molecule is COc1cccc(-n2cc(CNS(=O)(=O)c3cccc(Cl)c3C)nn2)c1. The quantitative estimate of drug-likeness (QED) is 0.697. The number of methoxy groups -OCH3 is 1. The summed E-state index contributed by atoms with van der Waals surface area (Å²) < 4.78 is 34.2. The fourth-order valence-corrected chi connectivity index (χ4v) is 3.88. The first-order valence-corrected chi connectivity index (χ1v) is 9.57. The number of ether oxygens (including phenoxy) is 1. The predicted octanol–water partition coefficient (Wildman–Crippen LogP) is 2.72. The third kappa shape index (κ3) is 3.87. The topological polar surface area (TPSA) is 86.1 Å². The van der Waals surface area contributed by atoms with Gasteiger partial charge in [0.25, 0.3) is 0 Å². The van der Waals surface area contributed by atoms with Gasteiger partial charge in [-0.1, -0.05) is 28.9 Å². The second kappa shape index (κ2) is 7.45. The average Bonchev–Trinajstić information content (AvgIpc) is 3.11. The molecule has 0 spiro atoms. The van der Waals surface area contributed by atoms with Crippen LogP contribution < -0.4 is 9.46 Å². The van der Waals surface area contributed by atoms with E-state index in [9.17, 15) is 8.42 Å². The van der Waals surface area contributed by atoms with E-state index in [1.54, 1.807) is 43.1 Å². The highest BCUT2D eigenvalue weighted by atomic mass is 35.5. The van der Waals surface area contributed by atoms with Crippen LogP contribution in [0.15, 0.2) is 53.6 Å². The molecule has 3 rings (SSSR count). The number of rotatable bonds is 6. The number of halogens is 1. The Hall–Kier alpha value is -2.42. The van der Waals surface area contributed by atoms with Gasteiger partial charge in [0.1, 0.15) is 5.75 Å². The summed E-state index contributed by atoms with van der Waals surface area (Å²) in [7, 11) is -2.13. The van der Waals surface area contributed by atoms with Crippen LogP contribution in [-0.2, 0) is 16.6 Å². The van der Waals surface area contributed by atoms with Crippen molar-refractivity contribution in [3.63, 3.8) is 0 Å². The van der Waals surface area contributed by atoms with Crippen LogP contribution in [0.2, 0.25) is 5.02 Å². The van der Waals surface area contributed by atoms with Crippen molar-refractivity contribution < 1.29 is 13.2 Å². The molecule has 9 heteroatoms. The highest BCUT2D eigenvalue weighted by Crippen LogP contribution is 2.22. The van der Waals surface area contributed by atoms with Crippen LogP contribution in [0.3, 0.4) is 0 Å². The number of hydrogen-bond acceptors (Lipinski definition) is 5. The van der Waals surface area contributed by atoms with Gasteiger partial charge in [-0.05, 0) is 36.8 Å². The molecule has 0 aliphatic carbocycles. The van der Waals surface area contributed by atoms with Gasteiger partial charge in [0, 0.05) is 11.1 Å².